The van der Waals surface area contributed by atoms with E-state index in [1.54, 1.807) is 0 Å². The van der Waals surface area contributed by atoms with E-state index in [-0.39, 0.29) is 18.3 Å². The minimum atomic E-state index is 0. The van der Waals surface area contributed by atoms with Crippen molar-refractivity contribution in [3.63, 3.8) is 0 Å². The minimum Gasteiger partial charge on any atom is -0.351 e. The number of carbonyl (C=O) groups is 1. The van der Waals surface area contributed by atoms with E-state index < -0.39 is 0 Å². The van der Waals surface area contributed by atoms with Crippen LogP contribution in [0.4, 0.5) is 0 Å². The van der Waals surface area contributed by atoms with Crippen molar-refractivity contribution in [1.29, 1.82) is 0 Å². The first kappa shape index (κ1) is 14.9. The van der Waals surface area contributed by atoms with Gasteiger partial charge >= 0.3 is 0 Å². The van der Waals surface area contributed by atoms with Crippen molar-refractivity contribution in [2.75, 3.05) is 20.1 Å². The number of hydrogen-bond donors (Lipinski definition) is 2. The van der Waals surface area contributed by atoms with E-state index in [9.17, 15) is 4.79 Å². The van der Waals surface area contributed by atoms with Crippen LogP contribution in [-0.2, 0) is 0 Å². The number of halogens is 1. The maximum Gasteiger partial charge on any atom is 0.251 e. The van der Waals surface area contributed by atoms with Crippen molar-refractivity contribution in [1.82, 2.24) is 10.6 Å². The highest BCUT2D eigenvalue weighted by Gasteiger charge is 2.08. The summed E-state index contributed by atoms with van der Waals surface area (Å²) in [5.41, 5.74) is 2.97. The fourth-order valence-electron chi connectivity index (χ4n) is 1.39. The highest BCUT2D eigenvalue weighted by molar-refractivity contribution is 5.95. The second-order valence-corrected chi connectivity index (χ2v) is 3.61. The second-order valence-electron chi connectivity index (χ2n) is 3.61. The van der Waals surface area contributed by atoms with Crippen molar-refractivity contribution in [3.05, 3.63) is 34.9 Å². The lowest BCUT2D eigenvalue weighted by Gasteiger charge is -2.09. The van der Waals surface area contributed by atoms with E-state index in [0.717, 1.165) is 23.2 Å². The van der Waals surface area contributed by atoms with Gasteiger partial charge in [-0.05, 0) is 38.1 Å². The smallest absolute Gasteiger partial charge is 0.251 e. The van der Waals surface area contributed by atoms with Gasteiger partial charge in [0.1, 0.15) is 0 Å². The summed E-state index contributed by atoms with van der Waals surface area (Å²) in [4.78, 5) is 11.8. The highest BCUT2D eigenvalue weighted by atomic mass is 35.5. The van der Waals surface area contributed by atoms with E-state index in [2.05, 4.69) is 10.6 Å². The third-order valence-electron chi connectivity index (χ3n) is 2.51. The van der Waals surface area contributed by atoms with Crippen LogP contribution in [0.3, 0.4) is 0 Å². The number of rotatable bonds is 4. The number of benzene rings is 1. The van der Waals surface area contributed by atoms with Crippen LogP contribution in [0.15, 0.2) is 18.2 Å². The molecule has 0 spiro atoms. The molecule has 0 unspecified atom stereocenters. The molecule has 1 aromatic carbocycles. The first-order valence-electron chi connectivity index (χ1n) is 5.16. The largest absolute Gasteiger partial charge is 0.351 e. The molecule has 1 amide bonds. The molecule has 0 saturated carbocycles. The third kappa shape index (κ3) is 3.83. The summed E-state index contributed by atoms with van der Waals surface area (Å²) >= 11 is 0. The molecule has 3 nitrogen and oxygen atoms in total. The Hall–Kier alpha value is -1.06. The first-order valence-corrected chi connectivity index (χ1v) is 5.16. The van der Waals surface area contributed by atoms with E-state index in [4.69, 9.17) is 0 Å². The summed E-state index contributed by atoms with van der Waals surface area (Å²) in [6.45, 7) is 5.43. The van der Waals surface area contributed by atoms with Crippen LogP contribution < -0.4 is 10.6 Å². The van der Waals surface area contributed by atoms with Crippen molar-refractivity contribution in [2.24, 2.45) is 0 Å². The Morgan fingerprint density at radius 3 is 2.56 bits per heavy atom. The molecule has 1 rings (SSSR count). The molecule has 1 aromatic rings. The molecule has 0 aliphatic heterocycles. The Morgan fingerprint density at radius 1 is 1.25 bits per heavy atom. The van der Waals surface area contributed by atoms with Crippen molar-refractivity contribution < 1.29 is 4.79 Å². The van der Waals surface area contributed by atoms with Crippen LogP contribution in [0.25, 0.3) is 0 Å². The predicted octanol–water partition coefficient (Wildman–Crippen LogP) is 1.67. The third-order valence-corrected chi connectivity index (χ3v) is 2.51. The molecule has 0 radical (unpaired) electrons. The number of amides is 1. The summed E-state index contributed by atoms with van der Waals surface area (Å²) in [6, 6.07) is 5.78. The van der Waals surface area contributed by atoms with Gasteiger partial charge in [0.05, 0.1) is 0 Å². The number of aryl methyl sites for hydroxylation is 1. The molecule has 90 valence electrons. The first-order chi connectivity index (χ1) is 7.16. The quantitative estimate of drug-likeness (QED) is 0.789. The van der Waals surface area contributed by atoms with Crippen molar-refractivity contribution >= 4 is 18.3 Å². The van der Waals surface area contributed by atoms with Crippen LogP contribution in [-0.4, -0.2) is 26.0 Å². The van der Waals surface area contributed by atoms with Crippen molar-refractivity contribution in [3.8, 4) is 0 Å². The minimum absolute atomic E-state index is 0. The molecule has 0 aliphatic carbocycles. The van der Waals surface area contributed by atoms with Gasteiger partial charge in [-0.2, -0.15) is 0 Å². The summed E-state index contributed by atoms with van der Waals surface area (Å²) < 4.78 is 0. The van der Waals surface area contributed by atoms with Crippen LogP contribution in [0, 0.1) is 13.8 Å². The standard InChI is InChI=1S/C12H18N2O.ClH/c1-9-5-4-6-11(10(9)2)12(15)14-8-7-13-3;/h4-6,13H,7-8H2,1-3H3,(H,14,15);1H. The molecule has 0 aromatic heterocycles. The molecular formula is C12H19ClN2O. The molecule has 16 heavy (non-hydrogen) atoms. The fourth-order valence-corrected chi connectivity index (χ4v) is 1.39. The van der Waals surface area contributed by atoms with Gasteiger partial charge in [0, 0.05) is 18.7 Å². The number of hydrogen-bond acceptors (Lipinski definition) is 2. The topological polar surface area (TPSA) is 41.1 Å². The molecule has 0 fully saturated rings. The van der Waals surface area contributed by atoms with E-state index in [0.29, 0.717) is 6.54 Å². The zero-order chi connectivity index (χ0) is 11.3. The Morgan fingerprint density at radius 2 is 1.94 bits per heavy atom. The van der Waals surface area contributed by atoms with Crippen molar-refractivity contribution in [2.45, 2.75) is 13.8 Å². The zero-order valence-corrected chi connectivity index (χ0v) is 10.8. The maximum atomic E-state index is 11.8. The van der Waals surface area contributed by atoms with E-state index in [1.807, 2.05) is 39.1 Å². The summed E-state index contributed by atoms with van der Waals surface area (Å²) in [5, 5.41) is 5.85. The van der Waals surface area contributed by atoms with E-state index >= 15 is 0 Å². The van der Waals surface area contributed by atoms with Gasteiger partial charge in [0.25, 0.3) is 5.91 Å². The molecular weight excluding hydrogens is 224 g/mol. The zero-order valence-electron chi connectivity index (χ0n) is 9.96. The van der Waals surface area contributed by atoms with Crippen LogP contribution in [0.2, 0.25) is 0 Å². The summed E-state index contributed by atoms with van der Waals surface area (Å²) in [7, 11) is 1.87. The SMILES string of the molecule is CNCCNC(=O)c1cccc(C)c1C.Cl. The van der Waals surface area contributed by atoms with Crippen LogP contribution in [0.5, 0.6) is 0 Å². The number of nitrogens with one attached hydrogen (secondary N) is 2. The number of carbonyl (C=O) groups excluding carboxylic acids is 1. The monoisotopic (exact) mass is 242 g/mol. The van der Waals surface area contributed by atoms with Gasteiger partial charge in [-0.15, -0.1) is 12.4 Å². The summed E-state index contributed by atoms with van der Waals surface area (Å²) in [6.07, 6.45) is 0. The maximum absolute atomic E-state index is 11.8. The normalized spacial score (nSPS) is 9.44. The van der Waals surface area contributed by atoms with Gasteiger partial charge in [0.2, 0.25) is 0 Å². The lowest BCUT2D eigenvalue weighted by Crippen LogP contribution is -2.30. The van der Waals surface area contributed by atoms with Crippen LogP contribution in [0.1, 0.15) is 21.5 Å². The van der Waals surface area contributed by atoms with Gasteiger partial charge in [0.15, 0.2) is 0 Å². The Balaban J connectivity index is 0.00000225. The second kappa shape index (κ2) is 7.25. The average Bonchev–Trinajstić information content (AvgIpc) is 2.22. The molecule has 0 heterocycles. The lowest BCUT2D eigenvalue weighted by molar-refractivity contribution is 0.0953. The molecule has 2 N–H and O–H groups in total. The molecule has 0 bridgehead atoms. The highest BCUT2D eigenvalue weighted by Crippen LogP contribution is 2.12. The Bertz CT molecular complexity index is 353. The van der Waals surface area contributed by atoms with Crippen LogP contribution >= 0.6 is 12.4 Å². The average molecular weight is 243 g/mol. The summed E-state index contributed by atoms with van der Waals surface area (Å²) in [5.74, 6) is 0.00597. The Labute approximate surface area is 103 Å². The molecule has 0 aliphatic rings. The van der Waals surface area contributed by atoms with Gasteiger partial charge in [-0.25, -0.2) is 0 Å². The Kier molecular flexibility index (Phi) is 6.77. The molecule has 4 heteroatoms. The van der Waals surface area contributed by atoms with Gasteiger partial charge < -0.3 is 10.6 Å². The molecule has 0 atom stereocenters. The molecule has 0 saturated heterocycles. The number of likely N-dealkylation sites (N-methyl/N-ethyl adjacent to an activating group) is 1. The van der Waals surface area contributed by atoms with E-state index in [1.165, 1.54) is 0 Å². The van der Waals surface area contributed by atoms with Gasteiger partial charge in [-0.3, -0.25) is 4.79 Å². The lowest BCUT2D eigenvalue weighted by atomic mass is 10.0. The predicted molar refractivity (Wildman–Crippen MR) is 69.4 cm³/mol. The van der Waals surface area contributed by atoms with Gasteiger partial charge in [-0.1, -0.05) is 12.1 Å². The fraction of sp³-hybridized carbons (Fsp3) is 0.417.